The minimum absolute atomic E-state index is 0.135. The first-order valence-corrected chi connectivity index (χ1v) is 4.20. The standard InChI is InChI=1S/C10H11FO/c11-9-4-3-7-1-2-8(6-12)10(7)5-9/h3-5,8,12H,1-2,6H2. The third-order valence-corrected chi connectivity index (χ3v) is 2.53. The molecule has 2 rings (SSSR count). The monoisotopic (exact) mass is 166 g/mol. The molecule has 64 valence electrons. The lowest BCUT2D eigenvalue weighted by Crippen LogP contribution is -1.98. The number of fused-ring (bicyclic) bond motifs is 1. The van der Waals surface area contributed by atoms with Crippen molar-refractivity contribution in [1.82, 2.24) is 0 Å². The average molecular weight is 166 g/mol. The van der Waals surface area contributed by atoms with Gasteiger partial charge in [0.05, 0.1) is 0 Å². The van der Waals surface area contributed by atoms with Gasteiger partial charge < -0.3 is 5.11 Å². The molecule has 0 fully saturated rings. The second kappa shape index (κ2) is 2.87. The van der Waals surface area contributed by atoms with Crippen molar-refractivity contribution in [2.75, 3.05) is 6.61 Å². The van der Waals surface area contributed by atoms with Gasteiger partial charge in [0.2, 0.25) is 0 Å². The quantitative estimate of drug-likeness (QED) is 0.675. The highest BCUT2D eigenvalue weighted by atomic mass is 19.1. The molecule has 0 saturated heterocycles. The Kier molecular flexibility index (Phi) is 1.85. The number of aliphatic hydroxyl groups excluding tert-OH is 1. The lowest BCUT2D eigenvalue weighted by molar-refractivity contribution is 0.265. The van der Waals surface area contributed by atoms with Crippen molar-refractivity contribution in [3.8, 4) is 0 Å². The highest BCUT2D eigenvalue weighted by molar-refractivity contribution is 5.35. The number of halogens is 1. The van der Waals surface area contributed by atoms with Crippen LogP contribution in [0.2, 0.25) is 0 Å². The van der Waals surface area contributed by atoms with Crippen molar-refractivity contribution in [1.29, 1.82) is 0 Å². The highest BCUT2D eigenvalue weighted by Crippen LogP contribution is 2.32. The maximum atomic E-state index is 12.8. The maximum Gasteiger partial charge on any atom is 0.123 e. The van der Waals surface area contributed by atoms with Crippen molar-refractivity contribution >= 4 is 0 Å². The highest BCUT2D eigenvalue weighted by Gasteiger charge is 2.21. The van der Waals surface area contributed by atoms with Gasteiger partial charge in [-0.05, 0) is 36.1 Å². The van der Waals surface area contributed by atoms with Crippen molar-refractivity contribution in [2.24, 2.45) is 0 Å². The maximum absolute atomic E-state index is 12.8. The van der Waals surface area contributed by atoms with Gasteiger partial charge in [-0.2, -0.15) is 0 Å². The Morgan fingerprint density at radius 3 is 3.08 bits per heavy atom. The summed E-state index contributed by atoms with van der Waals surface area (Å²) in [5.74, 6) is -0.0372. The van der Waals surface area contributed by atoms with Crippen LogP contribution in [0.1, 0.15) is 23.5 Å². The molecule has 1 aromatic rings. The number of hydrogen-bond donors (Lipinski definition) is 1. The van der Waals surface area contributed by atoms with Gasteiger partial charge in [0.25, 0.3) is 0 Å². The van der Waals surface area contributed by atoms with E-state index in [9.17, 15) is 4.39 Å². The summed E-state index contributed by atoms with van der Waals surface area (Å²) in [6.45, 7) is 0.135. The van der Waals surface area contributed by atoms with Crippen molar-refractivity contribution in [3.05, 3.63) is 35.1 Å². The first-order chi connectivity index (χ1) is 5.81. The third-order valence-electron chi connectivity index (χ3n) is 2.53. The largest absolute Gasteiger partial charge is 0.396 e. The van der Waals surface area contributed by atoms with Crippen LogP contribution in [0.25, 0.3) is 0 Å². The van der Waals surface area contributed by atoms with Gasteiger partial charge in [-0.3, -0.25) is 0 Å². The van der Waals surface area contributed by atoms with E-state index in [1.165, 1.54) is 11.6 Å². The van der Waals surface area contributed by atoms with Crippen molar-refractivity contribution < 1.29 is 9.50 Å². The molecule has 0 aromatic heterocycles. The Bertz CT molecular complexity index is 296. The van der Waals surface area contributed by atoms with Gasteiger partial charge in [-0.15, -0.1) is 0 Å². The second-order valence-corrected chi connectivity index (χ2v) is 3.26. The van der Waals surface area contributed by atoms with Crippen LogP contribution in [0.4, 0.5) is 4.39 Å². The molecule has 1 aliphatic rings. The number of aliphatic hydroxyl groups is 1. The summed E-state index contributed by atoms with van der Waals surface area (Å²) in [4.78, 5) is 0. The zero-order chi connectivity index (χ0) is 8.55. The van der Waals surface area contributed by atoms with Crippen LogP contribution in [0, 0.1) is 5.82 Å². The van der Waals surface area contributed by atoms with Crippen molar-refractivity contribution in [3.63, 3.8) is 0 Å². The van der Waals surface area contributed by atoms with E-state index < -0.39 is 0 Å². The Morgan fingerprint density at radius 2 is 2.33 bits per heavy atom. The molecule has 0 bridgehead atoms. The van der Waals surface area contributed by atoms with E-state index in [1.807, 2.05) is 6.07 Å². The fourth-order valence-electron chi connectivity index (χ4n) is 1.85. The lowest BCUT2D eigenvalue weighted by atomic mass is 10.0. The van der Waals surface area contributed by atoms with Gasteiger partial charge in [0, 0.05) is 12.5 Å². The van der Waals surface area contributed by atoms with E-state index in [4.69, 9.17) is 5.11 Å². The zero-order valence-electron chi connectivity index (χ0n) is 6.76. The van der Waals surface area contributed by atoms with E-state index in [0.29, 0.717) is 0 Å². The Morgan fingerprint density at radius 1 is 1.50 bits per heavy atom. The summed E-state index contributed by atoms with van der Waals surface area (Å²) in [6, 6.07) is 4.85. The minimum atomic E-state index is -0.200. The SMILES string of the molecule is OCC1CCc2ccc(F)cc21. The number of benzene rings is 1. The van der Waals surface area contributed by atoms with E-state index in [-0.39, 0.29) is 18.3 Å². The first kappa shape index (κ1) is 7.74. The fraction of sp³-hybridized carbons (Fsp3) is 0.400. The molecule has 1 aliphatic carbocycles. The Hall–Kier alpha value is -0.890. The molecule has 2 heteroatoms. The van der Waals surface area contributed by atoms with Gasteiger partial charge in [0.15, 0.2) is 0 Å². The molecule has 0 saturated carbocycles. The summed E-state index contributed by atoms with van der Waals surface area (Å²) >= 11 is 0. The van der Waals surface area contributed by atoms with Gasteiger partial charge in [0.1, 0.15) is 5.82 Å². The molecule has 0 amide bonds. The van der Waals surface area contributed by atoms with E-state index in [2.05, 4.69) is 0 Å². The van der Waals surface area contributed by atoms with Gasteiger partial charge in [-0.25, -0.2) is 4.39 Å². The molecule has 1 N–H and O–H groups in total. The average Bonchev–Trinajstić information content (AvgIpc) is 2.46. The summed E-state index contributed by atoms with van der Waals surface area (Å²) in [6.07, 6.45) is 1.93. The Balaban J connectivity index is 2.42. The van der Waals surface area contributed by atoms with Crippen LogP contribution in [0.3, 0.4) is 0 Å². The van der Waals surface area contributed by atoms with E-state index in [1.54, 1.807) is 6.07 Å². The molecule has 1 aromatic carbocycles. The predicted octanol–water partition coefficient (Wildman–Crippen LogP) is 1.85. The molecular weight excluding hydrogens is 155 g/mol. The summed E-state index contributed by atoms with van der Waals surface area (Å²) in [5.41, 5.74) is 2.19. The van der Waals surface area contributed by atoms with Crippen LogP contribution in [0.15, 0.2) is 18.2 Å². The minimum Gasteiger partial charge on any atom is -0.396 e. The van der Waals surface area contributed by atoms with Crippen molar-refractivity contribution in [2.45, 2.75) is 18.8 Å². The molecule has 1 unspecified atom stereocenters. The summed E-state index contributed by atoms with van der Waals surface area (Å²) in [5, 5.41) is 8.98. The zero-order valence-corrected chi connectivity index (χ0v) is 6.76. The summed E-state index contributed by atoms with van der Waals surface area (Å²) in [7, 11) is 0. The number of aryl methyl sites for hydroxylation is 1. The van der Waals surface area contributed by atoms with Crippen LogP contribution < -0.4 is 0 Å². The van der Waals surface area contributed by atoms with E-state index in [0.717, 1.165) is 18.4 Å². The normalized spacial score (nSPS) is 21.0. The van der Waals surface area contributed by atoms with Crippen LogP contribution >= 0.6 is 0 Å². The number of rotatable bonds is 1. The van der Waals surface area contributed by atoms with Gasteiger partial charge >= 0.3 is 0 Å². The smallest absolute Gasteiger partial charge is 0.123 e. The summed E-state index contributed by atoms with van der Waals surface area (Å²) < 4.78 is 12.8. The molecule has 1 atom stereocenters. The molecule has 0 aliphatic heterocycles. The Labute approximate surface area is 70.8 Å². The second-order valence-electron chi connectivity index (χ2n) is 3.26. The van der Waals surface area contributed by atoms with E-state index >= 15 is 0 Å². The molecule has 1 nitrogen and oxygen atoms in total. The molecular formula is C10H11FO. The predicted molar refractivity (Wildman–Crippen MR) is 44.5 cm³/mol. The topological polar surface area (TPSA) is 20.2 Å². The molecule has 0 heterocycles. The number of hydrogen-bond acceptors (Lipinski definition) is 1. The van der Waals surface area contributed by atoms with Crippen LogP contribution in [0.5, 0.6) is 0 Å². The first-order valence-electron chi connectivity index (χ1n) is 4.20. The lowest BCUT2D eigenvalue weighted by Gasteiger charge is -2.06. The van der Waals surface area contributed by atoms with Gasteiger partial charge in [-0.1, -0.05) is 6.07 Å². The molecule has 12 heavy (non-hydrogen) atoms. The van der Waals surface area contributed by atoms with Crippen LogP contribution in [-0.2, 0) is 6.42 Å². The van der Waals surface area contributed by atoms with Crippen LogP contribution in [-0.4, -0.2) is 11.7 Å². The fourth-order valence-corrected chi connectivity index (χ4v) is 1.85. The third kappa shape index (κ3) is 1.12. The molecule has 0 spiro atoms. The molecule has 0 radical (unpaired) electrons.